The van der Waals surface area contributed by atoms with Gasteiger partial charge in [-0.05, 0) is 26.3 Å². The Morgan fingerprint density at radius 3 is 2.79 bits per heavy atom. The normalized spacial score (nSPS) is 23.1. The number of likely N-dealkylation sites (tertiary alicyclic amines) is 1. The van der Waals surface area contributed by atoms with Crippen LogP contribution in [-0.2, 0) is 4.74 Å². The van der Waals surface area contributed by atoms with Gasteiger partial charge in [-0.15, -0.1) is 0 Å². The fraction of sp³-hybridized carbons (Fsp3) is 1.00. The standard InChI is InChI=1S/C12H25NO/c1-3-5-6-7-9-13-10-8-12(11-13)14-4-2/h12H,3-11H2,1-2H3. The van der Waals surface area contributed by atoms with Crippen molar-refractivity contribution in [3.63, 3.8) is 0 Å². The largest absolute Gasteiger partial charge is 0.377 e. The molecule has 0 amide bonds. The van der Waals surface area contributed by atoms with Crippen LogP contribution in [0.2, 0.25) is 0 Å². The van der Waals surface area contributed by atoms with Crippen molar-refractivity contribution in [1.82, 2.24) is 4.90 Å². The van der Waals surface area contributed by atoms with Crippen LogP contribution in [0.5, 0.6) is 0 Å². The Hall–Kier alpha value is -0.0800. The van der Waals surface area contributed by atoms with E-state index in [9.17, 15) is 0 Å². The van der Waals surface area contributed by atoms with Gasteiger partial charge < -0.3 is 9.64 Å². The van der Waals surface area contributed by atoms with Crippen molar-refractivity contribution in [1.29, 1.82) is 0 Å². The average molecular weight is 199 g/mol. The lowest BCUT2D eigenvalue weighted by Crippen LogP contribution is -2.24. The lowest BCUT2D eigenvalue weighted by molar-refractivity contribution is 0.0687. The molecule has 0 radical (unpaired) electrons. The number of nitrogens with zero attached hydrogens (tertiary/aromatic N) is 1. The summed E-state index contributed by atoms with van der Waals surface area (Å²) < 4.78 is 5.62. The van der Waals surface area contributed by atoms with Gasteiger partial charge in [0.1, 0.15) is 0 Å². The molecule has 0 aromatic carbocycles. The Balaban J connectivity index is 1.98. The monoisotopic (exact) mass is 199 g/mol. The Labute approximate surface area is 88.6 Å². The summed E-state index contributed by atoms with van der Waals surface area (Å²) in [4.78, 5) is 2.55. The van der Waals surface area contributed by atoms with Crippen LogP contribution in [0.25, 0.3) is 0 Å². The molecule has 1 atom stereocenters. The van der Waals surface area contributed by atoms with E-state index in [0.29, 0.717) is 6.10 Å². The van der Waals surface area contributed by atoms with Crippen LogP contribution in [0.3, 0.4) is 0 Å². The molecule has 2 heteroatoms. The molecule has 1 aliphatic heterocycles. The summed E-state index contributed by atoms with van der Waals surface area (Å²) in [5, 5.41) is 0. The first kappa shape index (κ1) is 12.0. The highest BCUT2D eigenvalue weighted by Crippen LogP contribution is 2.13. The van der Waals surface area contributed by atoms with Crippen molar-refractivity contribution < 1.29 is 4.74 Å². The van der Waals surface area contributed by atoms with Gasteiger partial charge >= 0.3 is 0 Å². The Morgan fingerprint density at radius 1 is 1.21 bits per heavy atom. The van der Waals surface area contributed by atoms with Crippen LogP contribution < -0.4 is 0 Å². The van der Waals surface area contributed by atoms with E-state index in [0.717, 1.165) is 6.61 Å². The summed E-state index contributed by atoms with van der Waals surface area (Å²) in [6.45, 7) is 8.92. The minimum absolute atomic E-state index is 0.520. The number of unbranched alkanes of at least 4 members (excludes halogenated alkanes) is 3. The van der Waals surface area contributed by atoms with E-state index in [1.807, 2.05) is 0 Å². The molecule has 1 saturated heterocycles. The van der Waals surface area contributed by atoms with Crippen LogP contribution in [-0.4, -0.2) is 37.2 Å². The van der Waals surface area contributed by atoms with Gasteiger partial charge in [-0.1, -0.05) is 26.2 Å². The lowest BCUT2D eigenvalue weighted by Gasteiger charge is -2.15. The van der Waals surface area contributed by atoms with E-state index < -0.39 is 0 Å². The molecule has 0 saturated carbocycles. The van der Waals surface area contributed by atoms with Crippen LogP contribution in [0.4, 0.5) is 0 Å². The van der Waals surface area contributed by atoms with E-state index in [1.165, 1.54) is 51.7 Å². The van der Waals surface area contributed by atoms with Gasteiger partial charge in [-0.3, -0.25) is 0 Å². The molecule has 0 aromatic rings. The zero-order chi connectivity index (χ0) is 10.2. The second kappa shape index (κ2) is 7.24. The summed E-state index contributed by atoms with van der Waals surface area (Å²) in [6, 6.07) is 0. The number of hydrogen-bond acceptors (Lipinski definition) is 2. The van der Waals surface area contributed by atoms with Gasteiger partial charge in [0.05, 0.1) is 6.10 Å². The topological polar surface area (TPSA) is 12.5 Å². The van der Waals surface area contributed by atoms with Crippen molar-refractivity contribution in [3.8, 4) is 0 Å². The maximum atomic E-state index is 5.62. The molecule has 0 aliphatic carbocycles. The quantitative estimate of drug-likeness (QED) is 0.584. The van der Waals surface area contributed by atoms with Crippen molar-refractivity contribution in [2.75, 3.05) is 26.2 Å². The molecule has 1 aliphatic rings. The van der Waals surface area contributed by atoms with Gasteiger partial charge in [-0.25, -0.2) is 0 Å². The van der Waals surface area contributed by atoms with Gasteiger partial charge in [0.15, 0.2) is 0 Å². The summed E-state index contributed by atoms with van der Waals surface area (Å²) in [6.07, 6.45) is 7.25. The Kier molecular flexibility index (Phi) is 6.20. The Bertz CT molecular complexity index is 138. The third-order valence-electron chi connectivity index (χ3n) is 2.96. The fourth-order valence-corrected chi connectivity index (χ4v) is 2.13. The molecule has 0 N–H and O–H groups in total. The Morgan fingerprint density at radius 2 is 2.07 bits per heavy atom. The lowest BCUT2D eigenvalue weighted by atomic mass is 10.2. The summed E-state index contributed by atoms with van der Waals surface area (Å²) in [5.74, 6) is 0. The molecule has 1 unspecified atom stereocenters. The van der Waals surface area contributed by atoms with Crippen molar-refractivity contribution >= 4 is 0 Å². The molecule has 0 spiro atoms. The summed E-state index contributed by atoms with van der Waals surface area (Å²) in [5.41, 5.74) is 0. The van der Waals surface area contributed by atoms with E-state index in [2.05, 4.69) is 18.7 Å². The average Bonchev–Trinajstić information content (AvgIpc) is 2.61. The zero-order valence-electron chi connectivity index (χ0n) is 9.80. The second-order valence-corrected chi connectivity index (χ2v) is 4.23. The smallest absolute Gasteiger partial charge is 0.0714 e. The second-order valence-electron chi connectivity index (χ2n) is 4.23. The predicted octanol–water partition coefficient (Wildman–Crippen LogP) is 2.68. The van der Waals surface area contributed by atoms with E-state index in [-0.39, 0.29) is 0 Å². The van der Waals surface area contributed by atoms with Crippen LogP contribution >= 0.6 is 0 Å². The van der Waals surface area contributed by atoms with E-state index in [1.54, 1.807) is 0 Å². The minimum atomic E-state index is 0.520. The van der Waals surface area contributed by atoms with Gasteiger partial charge in [-0.2, -0.15) is 0 Å². The molecular weight excluding hydrogens is 174 g/mol. The first-order valence-electron chi connectivity index (χ1n) is 6.20. The highest BCUT2D eigenvalue weighted by atomic mass is 16.5. The molecule has 1 heterocycles. The SMILES string of the molecule is CCCCCCN1CCC(OCC)C1. The minimum Gasteiger partial charge on any atom is -0.377 e. The number of rotatable bonds is 7. The molecule has 1 fully saturated rings. The molecule has 2 nitrogen and oxygen atoms in total. The highest BCUT2D eigenvalue weighted by molar-refractivity contribution is 4.75. The molecule has 0 bridgehead atoms. The molecule has 1 rings (SSSR count). The zero-order valence-corrected chi connectivity index (χ0v) is 9.80. The van der Waals surface area contributed by atoms with Crippen LogP contribution in [0.1, 0.15) is 46.0 Å². The van der Waals surface area contributed by atoms with Gasteiger partial charge in [0.2, 0.25) is 0 Å². The van der Waals surface area contributed by atoms with Crippen molar-refractivity contribution in [2.24, 2.45) is 0 Å². The first-order chi connectivity index (χ1) is 6.86. The number of hydrogen-bond donors (Lipinski definition) is 0. The highest BCUT2D eigenvalue weighted by Gasteiger charge is 2.21. The van der Waals surface area contributed by atoms with Crippen LogP contribution in [0, 0.1) is 0 Å². The molecular formula is C12H25NO. The van der Waals surface area contributed by atoms with Crippen molar-refractivity contribution in [3.05, 3.63) is 0 Å². The first-order valence-corrected chi connectivity index (χ1v) is 6.20. The molecule has 0 aromatic heterocycles. The van der Waals surface area contributed by atoms with Gasteiger partial charge in [0.25, 0.3) is 0 Å². The fourth-order valence-electron chi connectivity index (χ4n) is 2.13. The predicted molar refractivity (Wildman–Crippen MR) is 60.6 cm³/mol. The third kappa shape index (κ3) is 4.43. The third-order valence-corrected chi connectivity index (χ3v) is 2.96. The number of ether oxygens (including phenoxy) is 1. The van der Waals surface area contributed by atoms with E-state index >= 15 is 0 Å². The maximum absolute atomic E-state index is 5.62. The summed E-state index contributed by atoms with van der Waals surface area (Å²) in [7, 11) is 0. The van der Waals surface area contributed by atoms with Crippen LogP contribution in [0.15, 0.2) is 0 Å². The molecule has 84 valence electrons. The maximum Gasteiger partial charge on any atom is 0.0714 e. The summed E-state index contributed by atoms with van der Waals surface area (Å²) >= 11 is 0. The molecule has 14 heavy (non-hydrogen) atoms. The van der Waals surface area contributed by atoms with Crippen molar-refractivity contribution in [2.45, 2.75) is 52.1 Å². The van der Waals surface area contributed by atoms with E-state index in [4.69, 9.17) is 4.74 Å². The van der Waals surface area contributed by atoms with Gasteiger partial charge in [0, 0.05) is 19.7 Å².